The Labute approximate surface area is 319 Å². The van der Waals surface area contributed by atoms with E-state index in [2.05, 4.69) is 13.8 Å². The molecule has 0 bridgehead atoms. The SMILES string of the molecule is CCCCCCc1cc(Oc2ccccc2)cc(O)c1S(=O)(=O)O.CCCCCCc1cc(Oc2ccccc2)cc([O-])c1S(=O)(=O)[O-].[Ca+2]. The van der Waals surface area contributed by atoms with Crippen LogP contribution in [0.4, 0.5) is 0 Å². The summed E-state index contributed by atoms with van der Waals surface area (Å²) in [6, 6.07) is 23.1. The number of phenols is 1. The summed E-state index contributed by atoms with van der Waals surface area (Å²) in [5, 5.41) is 22.2. The molecule has 260 valence electrons. The van der Waals surface area contributed by atoms with Gasteiger partial charge >= 0.3 is 37.7 Å². The fourth-order valence-electron chi connectivity index (χ4n) is 5.08. The van der Waals surface area contributed by atoms with Crippen molar-refractivity contribution in [2.75, 3.05) is 0 Å². The largest absolute Gasteiger partial charge is 2.00 e. The molecule has 0 aliphatic carbocycles. The summed E-state index contributed by atoms with van der Waals surface area (Å²) in [6.45, 7) is 4.15. The molecule has 0 atom stereocenters. The quantitative estimate of drug-likeness (QED) is 0.0657. The summed E-state index contributed by atoms with van der Waals surface area (Å²) < 4.78 is 78.1. The minimum Gasteiger partial charge on any atom is -0.872 e. The van der Waals surface area contributed by atoms with Gasteiger partial charge in [0.25, 0.3) is 10.1 Å². The Balaban J connectivity index is 0.000000333. The van der Waals surface area contributed by atoms with E-state index in [1.165, 1.54) is 12.1 Å². The molecule has 10 nitrogen and oxygen atoms in total. The standard InChI is InChI=1S/2C18H22O5S.Ca/c2*1-2-3-4-6-9-14-12-16(23-15-10-7-5-8-11-15)13-17(19)18(14)24(20,21)22;/h2*5,7-8,10-13,19H,2-4,6,9H2,1H3,(H,20,21,22);/q;;+2/p-2. The van der Waals surface area contributed by atoms with E-state index in [9.17, 15) is 36.2 Å². The number of phenolic OH excluding ortho intramolecular Hbond substituents is 1. The molecule has 2 N–H and O–H groups in total. The molecule has 0 heterocycles. The van der Waals surface area contributed by atoms with E-state index in [1.807, 2.05) is 24.3 Å². The first kappa shape index (κ1) is 42.3. The Morgan fingerprint density at radius 3 is 1.45 bits per heavy atom. The number of hydrogen-bond acceptors (Lipinski definition) is 9. The van der Waals surface area contributed by atoms with Crippen LogP contribution in [0.5, 0.6) is 34.5 Å². The summed E-state index contributed by atoms with van der Waals surface area (Å²) in [5.41, 5.74) is 0.596. The third kappa shape index (κ3) is 14.1. The van der Waals surface area contributed by atoms with Crippen molar-refractivity contribution in [1.82, 2.24) is 0 Å². The average Bonchev–Trinajstić information content (AvgIpc) is 3.01. The molecule has 4 aromatic rings. The van der Waals surface area contributed by atoms with Crippen LogP contribution in [0.3, 0.4) is 0 Å². The fourth-order valence-corrected chi connectivity index (χ4v) is 6.68. The fraction of sp³-hybridized carbons (Fsp3) is 0.333. The van der Waals surface area contributed by atoms with E-state index in [-0.39, 0.29) is 49.1 Å². The molecule has 4 aromatic carbocycles. The van der Waals surface area contributed by atoms with Crippen LogP contribution in [-0.4, -0.2) is 68.8 Å². The van der Waals surface area contributed by atoms with E-state index in [4.69, 9.17) is 9.47 Å². The second-order valence-electron chi connectivity index (χ2n) is 11.2. The monoisotopic (exact) mass is 738 g/mol. The van der Waals surface area contributed by atoms with Gasteiger partial charge in [-0.25, -0.2) is 8.42 Å². The molecular formula is C36H42CaO10S2. The number of ether oxygens (including phenoxy) is 2. The van der Waals surface area contributed by atoms with E-state index < -0.39 is 41.5 Å². The molecule has 49 heavy (non-hydrogen) atoms. The summed E-state index contributed by atoms with van der Waals surface area (Å²) in [6.07, 6.45) is 8.31. The van der Waals surface area contributed by atoms with Crippen LogP contribution < -0.4 is 14.6 Å². The normalized spacial score (nSPS) is 11.2. The van der Waals surface area contributed by atoms with Gasteiger partial charge in [0.05, 0.1) is 0 Å². The Morgan fingerprint density at radius 2 is 1.04 bits per heavy atom. The third-order valence-electron chi connectivity index (χ3n) is 7.29. The van der Waals surface area contributed by atoms with Crippen molar-refractivity contribution in [3.8, 4) is 34.5 Å². The van der Waals surface area contributed by atoms with Gasteiger partial charge in [-0.2, -0.15) is 8.42 Å². The molecule has 0 unspecified atom stereocenters. The Bertz CT molecular complexity index is 1680. The number of aryl methyl sites for hydroxylation is 2. The minimum absolute atomic E-state index is 0. The van der Waals surface area contributed by atoms with E-state index >= 15 is 0 Å². The summed E-state index contributed by atoms with van der Waals surface area (Å²) in [5.74, 6) is 0.362. The summed E-state index contributed by atoms with van der Waals surface area (Å²) >= 11 is 0. The molecule has 0 saturated carbocycles. The van der Waals surface area contributed by atoms with E-state index in [0.29, 0.717) is 42.1 Å². The topological polar surface area (TPSA) is 173 Å². The van der Waals surface area contributed by atoms with Gasteiger partial charge in [-0.05, 0) is 79.3 Å². The molecule has 0 aromatic heterocycles. The molecule has 0 amide bonds. The third-order valence-corrected chi connectivity index (χ3v) is 9.24. The molecule has 0 fully saturated rings. The summed E-state index contributed by atoms with van der Waals surface area (Å²) in [7, 11) is -9.32. The van der Waals surface area contributed by atoms with Crippen LogP contribution >= 0.6 is 0 Å². The van der Waals surface area contributed by atoms with Crippen LogP contribution in [0.15, 0.2) is 94.7 Å². The molecule has 0 saturated heterocycles. The first-order valence-electron chi connectivity index (χ1n) is 15.9. The average molecular weight is 739 g/mol. The van der Waals surface area contributed by atoms with Gasteiger partial charge < -0.3 is 24.2 Å². The maximum Gasteiger partial charge on any atom is 2.00 e. The van der Waals surface area contributed by atoms with Crippen molar-refractivity contribution in [3.63, 3.8) is 0 Å². The zero-order valence-electron chi connectivity index (χ0n) is 27.8. The zero-order valence-corrected chi connectivity index (χ0v) is 31.7. The molecule has 13 heteroatoms. The van der Waals surface area contributed by atoms with Crippen LogP contribution in [-0.2, 0) is 33.1 Å². The Hall–Kier alpha value is -2.84. The van der Waals surface area contributed by atoms with Crippen molar-refractivity contribution in [2.24, 2.45) is 0 Å². The predicted octanol–water partition coefficient (Wildman–Crippen LogP) is 7.75. The van der Waals surface area contributed by atoms with Crippen LogP contribution in [0.1, 0.15) is 76.3 Å². The van der Waals surface area contributed by atoms with Gasteiger partial charge in [0.2, 0.25) is 0 Å². The van der Waals surface area contributed by atoms with Crippen LogP contribution in [0.25, 0.3) is 0 Å². The van der Waals surface area contributed by atoms with Gasteiger partial charge in [-0.3, -0.25) is 4.55 Å². The maximum absolute atomic E-state index is 12.1. The van der Waals surface area contributed by atoms with Crippen molar-refractivity contribution >= 4 is 58.0 Å². The number of benzene rings is 4. The number of aromatic hydroxyl groups is 1. The predicted molar refractivity (Wildman–Crippen MR) is 186 cm³/mol. The van der Waals surface area contributed by atoms with Gasteiger partial charge in [-0.15, -0.1) is 0 Å². The number of para-hydroxylation sites is 2. The molecule has 4 rings (SSSR count). The first-order valence-corrected chi connectivity index (χ1v) is 18.8. The van der Waals surface area contributed by atoms with Crippen molar-refractivity contribution in [3.05, 3.63) is 96.1 Å². The van der Waals surface area contributed by atoms with E-state index in [1.54, 1.807) is 42.5 Å². The van der Waals surface area contributed by atoms with Gasteiger partial charge in [0.15, 0.2) is 0 Å². The molecule has 0 spiro atoms. The maximum atomic E-state index is 12.1. The molecular weight excluding hydrogens is 697 g/mol. The van der Waals surface area contributed by atoms with Crippen LogP contribution in [0.2, 0.25) is 0 Å². The van der Waals surface area contributed by atoms with E-state index in [0.717, 1.165) is 51.0 Å². The molecule has 0 aliphatic heterocycles. The van der Waals surface area contributed by atoms with Crippen molar-refractivity contribution in [2.45, 2.75) is 87.8 Å². The number of hydrogen-bond donors (Lipinski definition) is 2. The number of rotatable bonds is 16. The molecule has 0 aliphatic rings. The molecule has 0 radical (unpaired) electrons. The van der Waals surface area contributed by atoms with Gasteiger partial charge in [0.1, 0.15) is 43.8 Å². The zero-order chi connectivity index (χ0) is 35.2. The van der Waals surface area contributed by atoms with Crippen molar-refractivity contribution in [1.29, 1.82) is 0 Å². The minimum atomic E-state index is -4.81. The first-order chi connectivity index (χ1) is 22.8. The Kier molecular flexibility index (Phi) is 17.9. The van der Waals surface area contributed by atoms with Crippen LogP contribution in [0, 0.1) is 0 Å². The van der Waals surface area contributed by atoms with Crippen molar-refractivity contribution < 1.29 is 45.6 Å². The second-order valence-corrected chi connectivity index (χ2v) is 13.9. The summed E-state index contributed by atoms with van der Waals surface area (Å²) in [4.78, 5) is -1.08. The Morgan fingerprint density at radius 1 is 0.612 bits per heavy atom. The number of unbranched alkanes of at least 4 members (excludes halogenated alkanes) is 6. The van der Waals surface area contributed by atoms with Gasteiger partial charge in [-0.1, -0.05) is 94.5 Å². The smallest absolute Gasteiger partial charge is 0.872 e. The van der Waals surface area contributed by atoms with Gasteiger partial charge in [0, 0.05) is 11.0 Å². The second kappa shape index (κ2) is 20.7.